The number of aromatic nitrogens is 6. The summed E-state index contributed by atoms with van der Waals surface area (Å²) in [6.07, 6.45) is 0.691. The lowest BCUT2D eigenvalue weighted by atomic mass is 9.97. The number of sulfone groups is 1. The van der Waals surface area contributed by atoms with Gasteiger partial charge in [-0.1, -0.05) is 6.07 Å². The molecule has 0 aliphatic heterocycles. The average molecular weight is 408 g/mol. The number of fused-ring (bicyclic) bond motifs is 1. The van der Waals surface area contributed by atoms with E-state index in [-0.39, 0.29) is 17.0 Å². The molecule has 3 aromatic heterocycles. The number of halogens is 3. The predicted molar refractivity (Wildman–Crippen MR) is 91.9 cm³/mol. The number of imidazole rings is 1. The lowest BCUT2D eigenvalue weighted by Crippen LogP contribution is -2.15. The van der Waals surface area contributed by atoms with Gasteiger partial charge in [0.25, 0.3) is 0 Å². The van der Waals surface area contributed by atoms with E-state index in [0.717, 1.165) is 6.07 Å². The number of nitrogens with one attached hydrogen (secondary N) is 1. The minimum absolute atomic E-state index is 0.188. The molecule has 4 aromatic rings. The number of tetrazole rings is 1. The summed E-state index contributed by atoms with van der Waals surface area (Å²) in [5.74, 6) is -0.188. The van der Waals surface area contributed by atoms with E-state index in [9.17, 15) is 21.6 Å². The first-order valence-corrected chi connectivity index (χ1v) is 9.67. The molecular formula is C16H11F3N6O2S. The van der Waals surface area contributed by atoms with Crippen LogP contribution in [0.1, 0.15) is 5.56 Å². The predicted octanol–water partition coefficient (Wildman–Crippen LogP) is 2.60. The molecule has 1 N–H and O–H groups in total. The van der Waals surface area contributed by atoms with E-state index in [4.69, 9.17) is 0 Å². The summed E-state index contributed by atoms with van der Waals surface area (Å²) in [6.45, 7) is 0. The van der Waals surface area contributed by atoms with Crippen molar-refractivity contribution in [2.45, 2.75) is 11.1 Å². The van der Waals surface area contributed by atoms with Gasteiger partial charge in [-0.25, -0.2) is 18.5 Å². The minimum Gasteiger partial charge on any atom is -0.306 e. The summed E-state index contributed by atoms with van der Waals surface area (Å²) in [4.78, 5) is 3.22. The van der Waals surface area contributed by atoms with Crippen molar-refractivity contribution in [3.63, 3.8) is 0 Å². The molecule has 0 spiro atoms. The van der Waals surface area contributed by atoms with E-state index >= 15 is 0 Å². The largest absolute Gasteiger partial charge is 0.417 e. The van der Waals surface area contributed by atoms with Crippen molar-refractivity contribution in [1.82, 2.24) is 30.0 Å². The van der Waals surface area contributed by atoms with Crippen molar-refractivity contribution in [1.29, 1.82) is 0 Å². The Morgan fingerprint density at radius 2 is 1.93 bits per heavy atom. The Morgan fingerprint density at radius 3 is 2.57 bits per heavy atom. The van der Waals surface area contributed by atoms with Gasteiger partial charge >= 0.3 is 6.18 Å². The highest BCUT2D eigenvalue weighted by Crippen LogP contribution is 2.43. The van der Waals surface area contributed by atoms with Crippen molar-refractivity contribution < 1.29 is 21.6 Å². The highest BCUT2D eigenvalue weighted by Gasteiger charge is 2.39. The number of nitrogens with zero attached hydrogens (tertiary/aromatic N) is 5. The standard InChI is InChI=1S/C16H11F3N6O2S/c1-28(26,27)14-11(16(17,18)19)4-3-10(13(14)15-21-23-24-22-15)9-2-5-12-20-6-7-25(12)8-9/h2-8H,1H3,(H,21,22,23,24). The third-order valence-corrected chi connectivity index (χ3v) is 5.28. The molecular weight excluding hydrogens is 397 g/mol. The van der Waals surface area contributed by atoms with Gasteiger partial charge < -0.3 is 4.40 Å². The summed E-state index contributed by atoms with van der Waals surface area (Å²) in [5, 5.41) is 12.8. The Bertz CT molecular complexity index is 1280. The van der Waals surface area contributed by atoms with Crippen LogP contribution in [0.5, 0.6) is 0 Å². The summed E-state index contributed by atoms with van der Waals surface area (Å²) in [7, 11) is -4.29. The zero-order valence-electron chi connectivity index (χ0n) is 14.1. The van der Waals surface area contributed by atoms with E-state index in [2.05, 4.69) is 25.6 Å². The summed E-state index contributed by atoms with van der Waals surface area (Å²) in [5.41, 5.74) is -0.212. The smallest absolute Gasteiger partial charge is 0.306 e. The van der Waals surface area contributed by atoms with Gasteiger partial charge in [-0.15, -0.1) is 5.10 Å². The van der Waals surface area contributed by atoms with Crippen molar-refractivity contribution in [3.05, 3.63) is 48.4 Å². The number of hydrogen-bond donors (Lipinski definition) is 1. The van der Waals surface area contributed by atoms with Crippen LogP contribution in [-0.2, 0) is 16.0 Å². The van der Waals surface area contributed by atoms with Crippen LogP contribution in [0.2, 0.25) is 0 Å². The van der Waals surface area contributed by atoms with Crippen molar-refractivity contribution in [2.24, 2.45) is 0 Å². The first-order valence-electron chi connectivity index (χ1n) is 7.78. The van der Waals surface area contributed by atoms with Crippen molar-refractivity contribution in [3.8, 4) is 22.5 Å². The monoisotopic (exact) mass is 408 g/mol. The molecule has 4 rings (SSSR count). The fourth-order valence-electron chi connectivity index (χ4n) is 3.01. The Balaban J connectivity index is 2.12. The molecule has 0 fully saturated rings. The highest BCUT2D eigenvalue weighted by molar-refractivity contribution is 7.91. The Hall–Kier alpha value is -3.28. The van der Waals surface area contributed by atoms with Gasteiger partial charge in [0.05, 0.1) is 10.5 Å². The Labute approximate surface area is 156 Å². The molecule has 0 aliphatic rings. The van der Waals surface area contributed by atoms with Gasteiger partial charge in [0.1, 0.15) is 5.65 Å². The fraction of sp³-hybridized carbons (Fsp3) is 0.125. The molecule has 0 bridgehead atoms. The summed E-state index contributed by atoms with van der Waals surface area (Å²) >= 11 is 0. The molecule has 0 saturated heterocycles. The molecule has 0 aliphatic carbocycles. The number of aromatic amines is 1. The molecule has 0 saturated carbocycles. The van der Waals surface area contributed by atoms with E-state index in [1.807, 2.05) is 0 Å². The van der Waals surface area contributed by atoms with Crippen molar-refractivity contribution >= 4 is 15.5 Å². The van der Waals surface area contributed by atoms with Gasteiger partial charge in [0, 0.05) is 30.4 Å². The van der Waals surface area contributed by atoms with Crippen LogP contribution in [0.3, 0.4) is 0 Å². The topological polar surface area (TPSA) is 106 Å². The second-order valence-electron chi connectivity index (χ2n) is 6.00. The number of alkyl halides is 3. The molecule has 3 heterocycles. The number of hydrogen-bond acceptors (Lipinski definition) is 6. The molecule has 0 unspecified atom stereocenters. The molecule has 144 valence electrons. The molecule has 8 nitrogen and oxygen atoms in total. The zero-order chi connectivity index (χ0) is 20.1. The van der Waals surface area contributed by atoms with Gasteiger partial charge in [0.2, 0.25) is 0 Å². The van der Waals surface area contributed by atoms with E-state index in [0.29, 0.717) is 17.5 Å². The fourth-order valence-corrected chi connectivity index (χ4v) is 4.17. The molecule has 12 heteroatoms. The average Bonchev–Trinajstić information content (AvgIpc) is 3.29. The molecule has 0 atom stereocenters. The van der Waals surface area contributed by atoms with Crippen LogP contribution in [0, 0.1) is 0 Å². The van der Waals surface area contributed by atoms with Crippen LogP contribution >= 0.6 is 0 Å². The molecule has 28 heavy (non-hydrogen) atoms. The lowest BCUT2D eigenvalue weighted by Gasteiger charge is -2.18. The lowest BCUT2D eigenvalue weighted by molar-refractivity contribution is -0.139. The first kappa shape index (κ1) is 18.1. The molecule has 0 radical (unpaired) electrons. The van der Waals surface area contributed by atoms with Crippen LogP contribution in [0.25, 0.3) is 28.2 Å². The molecule has 1 aromatic carbocycles. The zero-order valence-corrected chi connectivity index (χ0v) is 15.0. The van der Waals surface area contributed by atoms with Gasteiger partial charge in [-0.05, 0) is 39.8 Å². The van der Waals surface area contributed by atoms with Crippen molar-refractivity contribution in [2.75, 3.05) is 6.26 Å². The van der Waals surface area contributed by atoms with Crippen LogP contribution in [0.4, 0.5) is 13.2 Å². The Morgan fingerprint density at radius 1 is 1.14 bits per heavy atom. The van der Waals surface area contributed by atoms with E-state index < -0.39 is 26.5 Å². The normalized spacial score (nSPS) is 12.6. The third-order valence-electron chi connectivity index (χ3n) is 4.12. The second kappa shape index (κ2) is 6.12. The van der Waals surface area contributed by atoms with Crippen LogP contribution in [-0.4, -0.2) is 44.7 Å². The maximum atomic E-state index is 13.6. The minimum atomic E-state index is -4.88. The maximum Gasteiger partial charge on any atom is 0.417 e. The number of benzene rings is 1. The van der Waals surface area contributed by atoms with Gasteiger partial charge in [-0.3, -0.25) is 0 Å². The maximum absolute atomic E-state index is 13.6. The Kier molecular flexibility index (Phi) is 3.96. The summed E-state index contributed by atoms with van der Waals surface area (Å²) < 4.78 is 67.1. The van der Waals surface area contributed by atoms with Gasteiger partial charge in [-0.2, -0.15) is 13.2 Å². The van der Waals surface area contributed by atoms with E-state index in [1.54, 1.807) is 35.1 Å². The highest BCUT2D eigenvalue weighted by atomic mass is 32.2. The van der Waals surface area contributed by atoms with Crippen LogP contribution < -0.4 is 0 Å². The summed E-state index contributed by atoms with van der Waals surface area (Å²) in [6, 6.07) is 5.24. The number of H-pyrrole nitrogens is 1. The first-order chi connectivity index (χ1) is 13.2. The van der Waals surface area contributed by atoms with Crippen LogP contribution in [0.15, 0.2) is 47.8 Å². The molecule has 0 amide bonds. The quantitative estimate of drug-likeness (QED) is 0.559. The SMILES string of the molecule is CS(=O)(=O)c1c(C(F)(F)F)ccc(-c2ccc3nccn3c2)c1-c1nnn[nH]1. The number of rotatable bonds is 3. The third kappa shape index (κ3) is 3.01. The van der Waals surface area contributed by atoms with Gasteiger partial charge in [0.15, 0.2) is 15.7 Å². The number of pyridine rings is 1. The van der Waals surface area contributed by atoms with E-state index in [1.165, 1.54) is 6.07 Å². The second-order valence-corrected chi connectivity index (χ2v) is 7.95.